The topological polar surface area (TPSA) is 113 Å². The summed E-state index contributed by atoms with van der Waals surface area (Å²) in [5.41, 5.74) is 8.27. The summed E-state index contributed by atoms with van der Waals surface area (Å²) in [6, 6.07) is 8.97. The van der Waals surface area contributed by atoms with Crippen molar-refractivity contribution in [3.05, 3.63) is 59.7 Å². The first kappa shape index (κ1) is 17.8. The molecule has 0 saturated heterocycles. The molecule has 8 heteroatoms. The lowest BCUT2D eigenvalue weighted by atomic mass is 10.1. The van der Waals surface area contributed by atoms with Gasteiger partial charge in [-0.05, 0) is 29.7 Å². The highest BCUT2D eigenvalue weighted by atomic mass is 16.5. The van der Waals surface area contributed by atoms with E-state index in [-0.39, 0.29) is 0 Å². The molecular formula is C20H20N6O2. The molecule has 0 spiro atoms. The molecule has 28 heavy (non-hydrogen) atoms. The summed E-state index contributed by atoms with van der Waals surface area (Å²) in [5, 5.41) is 9.38. The van der Waals surface area contributed by atoms with Crippen LogP contribution in [0.4, 0.5) is 0 Å². The van der Waals surface area contributed by atoms with Crippen molar-refractivity contribution in [3.8, 4) is 11.5 Å². The van der Waals surface area contributed by atoms with Crippen molar-refractivity contribution in [2.75, 3.05) is 0 Å². The van der Waals surface area contributed by atoms with E-state index in [0.29, 0.717) is 29.6 Å². The van der Waals surface area contributed by atoms with Crippen LogP contribution in [-0.2, 0) is 13.0 Å². The Morgan fingerprint density at radius 2 is 2.00 bits per heavy atom. The molecule has 8 nitrogen and oxygen atoms in total. The molecule has 0 bridgehead atoms. The molecule has 0 aliphatic heterocycles. The Hall–Kier alpha value is -3.55. The van der Waals surface area contributed by atoms with E-state index in [9.17, 15) is 4.79 Å². The van der Waals surface area contributed by atoms with Gasteiger partial charge in [-0.15, -0.1) is 0 Å². The standard InChI is InChI=1S/C20H20N6O2/c1-12(2)11-26-19-15(10-23-26)8-16(9-22-19)20-24-17(25-28-20)7-13-3-5-14(6-4-13)18(21)27/h3-6,8-10,12H,7,11H2,1-2H3,(H2,21,27). The Labute approximate surface area is 161 Å². The molecule has 4 rings (SSSR count). The number of fused-ring (bicyclic) bond motifs is 1. The summed E-state index contributed by atoms with van der Waals surface area (Å²) >= 11 is 0. The second kappa shape index (κ2) is 7.22. The van der Waals surface area contributed by atoms with Gasteiger partial charge in [0.25, 0.3) is 5.89 Å². The predicted molar refractivity (Wildman–Crippen MR) is 103 cm³/mol. The number of primary amides is 1. The Balaban J connectivity index is 1.54. The molecule has 2 N–H and O–H groups in total. The summed E-state index contributed by atoms with van der Waals surface area (Å²) in [6.45, 7) is 5.10. The zero-order valence-corrected chi connectivity index (χ0v) is 15.7. The van der Waals surface area contributed by atoms with E-state index in [1.165, 1.54) is 0 Å². The number of aromatic nitrogens is 5. The zero-order chi connectivity index (χ0) is 19.7. The smallest absolute Gasteiger partial charge is 0.259 e. The van der Waals surface area contributed by atoms with Crippen molar-refractivity contribution >= 4 is 16.9 Å². The summed E-state index contributed by atoms with van der Waals surface area (Å²) in [5.74, 6) is 1.00. The molecule has 1 amide bonds. The third kappa shape index (κ3) is 3.62. The highest BCUT2D eigenvalue weighted by Crippen LogP contribution is 2.22. The number of carbonyl (C=O) groups excluding carboxylic acids is 1. The van der Waals surface area contributed by atoms with E-state index in [0.717, 1.165) is 28.7 Å². The van der Waals surface area contributed by atoms with Crippen molar-refractivity contribution in [1.82, 2.24) is 24.9 Å². The second-order valence-electron chi connectivity index (χ2n) is 7.11. The van der Waals surface area contributed by atoms with Crippen LogP contribution in [-0.4, -0.2) is 30.8 Å². The monoisotopic (exact) mass is 376 g/mol. The molecule has 3 heterocycles. The lowest BCUT2D eigenvalue weighted by Gasteiger charge is -2.05. The van der Waals surface area contributed by atoms with Crippen LogP contribution < -0.4 is 5.73 Å². The molecule has 0 radical (unpaired) electrons. The Bertz CT molecular complexity index is 1130. The van der Waals surface area contributed by atoms with Gasteiger partial charge < -0.3 is 10.3 Å². The van der Waals surface area contributed by atoms with E-state index in [1.54, 1.807) is 24.5 Å². The molecule has 0 atom stereocenters. The molecule has 0 saturated carbocycles. The fraction of sp³-hybridized carbons (Fsp3) is 0.250. The van der Waals surface area contributed by atoms with Gasteiger partial charge in [0.05, 0.1) is 11.8 Å². The average Bonchev–Trinajstić information content (AvgIpc) is 3.29. The fourth-order valence-corrected chi connectivity index (χ4v) is 2.98. The molecule has 0 unspecified atom stereocenters. The summed E-state index contributed by atoms with van der Waals surface area (Å²) in [7, 11) is 0. The summed E-state index contributed by atoms with van der Waals surface area (Å²) in [6.07, 6.45) is 4.01. The van der Waals surface area contributed by atoms with Crippen LogP contribution in [0.2, 0.25) is 0 Å². The van der Waals surface area contributed by atoms with Crippen LogP contribution in [0.25, 0.3) is 22.5 Å². The van der Waals surface area contributed by atoms with E-state index < -0.39 is 5.91 Å². The molecule has 4 aromatic rings. The average molecular weight is 376 g/mol. The first-order valence-corrected chi connectivity index (χ1v) is 9.03. The largest absolute Gasteiger partial charge is 0.366 e. The van der Waals surface area contributed by atoms with Gasteiger partial charge in [-0.3, -0.25) is 4.79 Å². The number of benzene rings is 1. The molecule has 3 aromatic heterocycles. The van der Waals surface area contributed by atoms with E-state index >= 15 is 0 Å². The predicted octanol–water partition coefficient (Wildman–Crippen LogP) is 2.83. The van der Waals surface area contributed by atoms with Gasteiger partial charge in [0.15, 0.2) is 11.5 Å². The number of hydrogen-bond acceptors (Lipinski definition) is 6. The van der Waals surface area contributed by atoms with Crippen LogP contribution in [0, 0.1) is 5.92 Å². The minimum Gasteiger partial charge on any atom is -0.366 e. The number of pyridine rings is 1. The third-order valence-corrected chi connectivity index (χ3v) is 4.33. The number of hydrogen-bond donors (Lipinski definition) is 1. The Kier molecular flexibility index (Phi) is 4.60. The SMILES string of the molecule is CC(C)Cn1ncc2cc(-c3nc(Cc4ccc(C(N)=O)cc4)no3)cnc21. The number of rotatable bonds is 6. The molecule has 0 aliphatic carbocycles. The van der Waals surface area contributed by atoms with Crippen LogP contribution in [0.3, 0.4) is 0 Å². The summed E-state index contributed by atoms with van der Waals surface area (Å²) in [4.78, 5) is 20.1. The van der Waals surface area contributed by atoms with Gasteiger partial charge in [0, 0.05) is 30.1 Å². The maximum atomic E-state index is 11.1. The van der Waals surface area contributed by atoms with Crippen molar-refractivity contribution in [2.45, 2.75) is 26.8 Å². The first-order chi connectivity index (χ1) is 13.5. The van der Waals surface area contributed by atoms with E-state index in [4.69, 9.17) is 10.3 Å². The molecule has 0 aliphatic rings. The van der Waals surface area contributed by atoms with Gasteiger partial charge in [-0.25, -0.2) is 9.67 Å². The van der Waals surface area contributed by atoms with Gasteiger partial charge >= 0.3 is 0 Å². The quantitative estimate of drug-likeness (QED) is 0.554. The fourth-order valence-electron chi connectivity index (χ4n) is 2.98. The highest BCUT2D eigenvalue weighted by Gasteiger charge is 2.13. The lowest BCUT2D eigenvalue weighted by Crippen LogP contribution is -2.10. The van der Waals surface area contributed by atoms with Gasteiger partial charge in [0.2, 0.25) is 5.91 Å². The molecule has 142 valence electrons. The Morgan fingerprint density at radius 3 is 2.71 bits per heavy atom. The normalized spacial score (nSPS) is 11.4. The number of nitrogens with two attached hydrogens (primary N) is 1. The van der Waals surface area contributed by atoms with Crippen LogP contribution in [0.1, 0.15) is 35.6 Å². The summed E-state index contributed by atoms with van der Waals surface area (Å²) < 4.78 is 7.30. The lowest BCUT2D eigenvalue weighted by molar-refractivity contribution is 0.100. The number of amides is 1. The highest BCUT2D eigenvalue weighted by molar-refractivity contribution is 5.92. The Morgan fingerprint density at radius 1 is 1.21 bits per heavy atom. The zero-order valence-electron chi connectivity index (χ0n) is 15.7. The molecule has 0 fully saturated rings. The second-order valence-corrected chi connectivity index (χ2v) is 7.11. The van der Waals surface area contributed by atoms with Crippen LogP contribution >= 0.6 is 0 Å². The van der Waals surface area contributed by atoms with Crippen molar-refractivity contribution in [2.24, 2.45) is 11.7 Å². The first-order valence-electron chi connectivity index (χ1n) is 9.03. The van der Waals surface area contributed by atoms with Crippen molar-refractivity contribution < 1.29 is 9.32 Å². The van der Waals surface area contributed by atoms with Crippen molar-refractivity contribution in [3.63, 3.8) is 0 Å². The minimum atomic E-state index is -0.451. The molecular weight excluding hydrogens is 356 g/mol. The van der Waals surface area contributed by atoms with Crippen molar-refractivity contribution in [1.29, 1.82) is 0 Å². The van der Waals surface area contributed by atoms with Crippen LogP contribution in [0.5, 0.6) is 0 Å². The number of carbonyl (C=O) groups is 1. The minimum absolute atomic E-state index is 0.412. The van der Waals surface area contributed by atoms with Gasteiger partial charge in [0.1, 0.15) is 0 Å². The van der Waals surface area contributed by atoms with E-state index in [1.807, 2.05) is 22.9 Å². The molecule has 1 aromatic carbocycles. The van der Waals surface area contributed by atoms with Gasteiger partial charge in [-0.2, -0.15) is 10.1 Å². The van der Waals surface area contributed by atoms with Crippen LogP contribution in [0.15, 0.2) is 47.2 Å². The third-order valence-electron chi connectivity index (χ3n) is 4.33. The van der Waals surface area contributed by atoms with E-state index in [2.05, 4.69) is 34.1 Å². The number of nitrogens with zero attached hydrogens (tertiary/aromatic N) is 5. The maximum Gasteiger partial charge on any atom is 0.259 e. The maximum absolute atomic E-state index is 11.1. The van der Waals surface area contributed by atoms with Gasteiger partial charge in [-0.1, -0.05) is 31.1 Å².